The van der Waals surface area contributed by atoms with Gasteiger partial charge in [-0.2, -0.15) is 0 Å². The van der Waals surface area contributed by atoms with E-state index < -0.39 is 0 Å². The fraction of sp³-hybridized carbons (Fsp3) is 0.929. The van der Waals surface area contributed by atoms with Gasteiger partial charge in [0.15, 0.2) is 0 Å². The first kappa shape index (κ1) is 14.8. The van der Waals surface area contributed by atoms with Crippen molar-refractivity contribution in [3.05, 3.63) is 0 Å². The molecule has 2 fully saturated rings. The third-order valence-corrected chi connectivity index (χ3v) is 4.23. The number of piperidine rings is 1. The minimum Gasteiger partial charge on any atom is -0.392 e. The molecule has 1 aliphatic heterocycles. The number of amides is 1. The third-order valence-electron chi connectivity index (χ3n) is 4.23. The first-order valence-corrected chi connectivity index (χ1v) is 7.40. The summed E-state index contributed by atoms with van der Waals surface area (Å²) in [5, 5.41) is 13.3. The first-order chi connectivity index (χ1) is 9.06. The molecule has 2 N–H and O–H groups in total. The van der Waals surface area contributed by atoms with E-state index in [4.69, 9.17) is 0 Å². The van der Waals surface area contributed by atoms with E-state index >= 15 is 0 Å². The zero-order valence-electron chi connectivity index (χ0n) is 12.1. The molecule has 1 aliphatic carbocycles. The molecule has 1 atom stereocenters. The Morgan fingerprint density at radius 3 is 2.47 bits per heavy atom. The second-order valence-electron chi connectivity index (χ2n) is 6.15. The number of nitrogens with zero attached hydrogens (tertiary/aromatic N) is 2. The molecule has 0 radical (unpaired) electrons. The Bertz CT molecular complexity index is 297. The molecule has 2 rings (SSSR count). The lowest BCUT2D eigenvalue weighted by Gasteiger charge is -2.33. The molecular formula is C14H27N3O2. The van der Waals surface area contributed by atoms with Gasteiger partial charge in [-0.25, -0.2) is 0 Å². The monoisotopic (exact) mass is 269 g/mol. The molecule has 0 aromatic carbocycles. The van der Waals surface area contributed by atoms with Gasteiger partial charge in [-0.3, -0.25) is 9.69 Å². The number of aliphatic hydroxyl groups excluding tert-OH is 1. The largest absolute Gasteiger partial charge is 0.392 e. The van der Waals surface area contributed by atoms with E-state index in [1.54, 1.807) is 19.0 Å². The Balaban J connectivity index is 1.60. The van der Waals surface area contributed by atoms with Gasteiger partial charge in [-0.05, 0) is 31.6 Å². The van der Waals surface area contributed by atoms with Gasteiger partial charge in [0, 0.05) is 39.8 Å². The van der Waals surface area contributed by atoms with Gasteiger partial charge in [-0.15, -0.1) is 0 Å². The van der Waals surface area contributed by atoms with Gasteiger partial charge in [0.25, 0.3) is 0 Å². The average molecular weight is 269 g/mol. The Hall–Kier alpha value is -0.650. The summed E-state index contributed by atoms with van der Waals surface area (Å²) in [5.74, 6) is 0.723. The Morgan fingerprint density at radius 1 is 1.32 bits per heavy atom. The third kappa shape index (κ3) is 4.75. The van der Waals surface area contributed by atoms with E-state index in [0.29, 0.717) is 18.5 Å². The van der Waals surface area contributed by atoms with E-state index in [1.807, 2.05) is 0 Å². The van der Waals surface area contributed by atoms with Crippen molar-refractivity contribution >= 4 is 5.91 Å². The highest BCUT2D eigenvalue weighted by atomic mass is 16.3. The zero-order chi connectivity index (χ0) is 13.8. The predicted octanol–water partition coefficient (Wildman–Crippen LogP) is -0.100. The second kappa shape index (κ2) is 6.68. The fourth-order valence-electron chi connectivity index (χ4n) is 2.56. The zero-order valence-corrected chi connectivity index (χ0v) is 12.1. The number of aliphatic hydroxyl groups is 1. The number of nitrogens with one attached hydrogen (secondary N) is 1. The van der Waals surface area contributed by atoms with Crippen LogP contribution in [0.15, 0.2) is 0 Å². The summed E-state index contributed by atoms with van der Waals surface area (Å²) in [6.07, 6.45) is 4.35. The normalized spacial score (nSPS) is 23.3. The number of hydrogen-bond acceptors (Lipinski definition) is 4. The van der Waals surface area contributed by atoms with E-state index in [-0.39, 0.29) is 12.0 Å². The lowest BCUT2D eigenvalue weighted by atomic mass is 10.0. The van der Waals surface area contributed by atoms with Crippen molar-refractivity contribution in [2.24, 2.45) is 5.92 Å². The number of carbonyl (C=O) groups excluding carboxylic acids is 1. The van der Waals surface area contributed by atoms with Gasteiger partial charge in [-0.1, -0.05) is 0 Å². The summed E-state index contributed by atoms with van der Waals surface area (Å²) in [5.41, 5.74) is 0. The van der Waals surface area contributed by atoms with Gasteiger partial charge in [0.2, 0.25) is 5.91 Å². The van der Waals surface area contributed by atoms with Gasteiger partial charge in [0.05, 0.1) is 12.6 Å². The van der Waals surface area contributed by atoms with Crippen LogP contribution in [0, 0.1) is 5.92 Å². The van der Waals surface area contributed by atoms with Crippen LogP contribution in [0.2, 0.25) is 0 Å². The SMILES string of the molecule is CN(C)C(=O)CN1CCC(NCC(O)C2CC2)CC1. The molecule has 5 heteroatoms. The smallest absolute Gasteiger partial charge is 0.236 e. The van der Waals surface area contributed by atoms with Crippen molar-refractivity contribution in [2.45, 2.75) is 37.8 Å². The predicted molar refractivity (Wildman–Crippen MR) is 74.9 cm³/mol. The van der Waals surface area contributed by atoms with Crippen LogP contribution in [0.25, 0.3) is 0 Å². The molecule has 0 spiro atoms. The molecule has 5 nitrogen and oxygen atoms in total. The van der Waals surface area contributed by atoms with Crippen LogP contribution in [0.5, 0.6) is 0 Å². The van der Waals surface area contributed by atoms with Gasteiger partial charge < -0.3 is 15.3 Å². The van der Waals surface area contributed by atoms with Crippen LogP contribution in [0.3, 0.4) is 0 Å². The Morgan fingerprint density at radius 2 is 1.95 bits per heavy atom. The molecular weight excluding hydrogens is 242 g/mol. The lowest BCUT2D eigenvalue weighted by Crippen LogP contribution is -2.47. The molecule has 19 heavy (non-hydrogen) atoms. The van der Waals surface area contributed by atoms with E-state index in [2.05, 4.69) is 10.2 Å². The van der Waals surface area contributed by atoms with Crippen molar-refractivity contribution in [3.63, 3.8) is 0 Å². The van der Waals surface area contributed by atoms with Crippen LogP contribution >= 0.6 is 0 Å². The highest BCUT2D eigenvalue weighted by Gasteiger charge is 2.30. The van der Waals surface area contributed by atoms with Crippen molar-refractivity contribution in [3.8, 4) is 0 Å². The van der Waals surface area contributed by atoms with E-state index in [1.165, 1.54) is 12.8 Å². The van der Waals surface area contributed by atoms with Crippen molar-refractivity contribution < 1.29 is 9.90 Å². The highest BCUT2D eigenvalue weighted by Crippen LogP contribution is 2.32. The first-order valence-electron chi connectivity index (χ1n) is 7.40. The summed E-state index contributed by atoms with van der Waals surface area (Å²) in [7, 11) is 3.60. The molecule has 1 saturated carbocycles. The van der Waals surface area contributed by atoms with Crippen LogP contribution in [0.1, 0.15) is 25.7 Å². The van der Waals surface area contributed by atoms with Crippen LogP contribution < -0.4 is 5.32 Å². The summed E-state index contributed by atoms with van der Waals surface area (Å²) < 4.78 is 0. The minimum atomic E-state index is -0.159. The molecule has 0 bridgehead atoms. The number of hydrogen-bond donors (Lipinski definition) is 2. The molecule has 0 aromatic rings. The van der Waals surface area contributed by atoms with Crippen molar-refractivity contribution in [1.29, 1.82) is 0 Å². The maximum absolute atomic E-state index is 11.6. The summed E-state index contributed by atoms with van der Waals surface area (Å²) in [6.45, 7) is 3.20. The summed E-state index contributed by atoms with van der Waals surface area (Å²) >= 11 is 0. The fourth-order valence-corrected chi connectivity index (χ4v) is 2.56. The number of rotatable bonds is 6. The molecule has 1 amide bonds. The van der Waals surface area contributed by atoms with Crippen LogP contribution in [0.4, 0.5) is 0 Å². The minimum absolute atomic E-state index is 0.159. The molecule has 110 valence electrons. The highest BCUT2D eigenvalue weighted by molar-refractivity contribution is 5.77. The number of likely N-dealkylation sites (tertiary alicyclic amines) is 1. The number of carbonyl (C=O) groups is 1. The molecule has 2 aliphatic rings. The van der Waals surface area contributed by atoms with E-state index in [9.17, 15) is 9.90 Å². The van der Waals surface area contributed by atoms with E-state index in [0.717, 1.165) is 32.5 Å². The molecule has 1 heterocycles. The molecule has 1 unspecified atom stereocenters. The van der Waals surface area contributed by atoms with Crippen LogP contribution in [-0.4, -0.2) is 73.2 Å². The second-order valence-corrected chi connectivity index (χ2v) is 6.15. The maximum Gasteiger partial charge on any atom is 0.236 e. The summed E-state index contributed by atoms with van der Waals surface area (Å²) in [6, 6.07) is 0.499. The van der Waals surface area contributed by atoms with Gasteiger partial charge >= 0.3 is 0 Å². The lowest BCUT2D eigenvalue weighted by molar-refractivity contribution is -0.130. The summed E-state index contributed by atoms with van der Waals surface area (Å²) in [4.78, 5) is 15.5. The van der Waals surface area contributed by atoms with Gasteiger partial charge in [0.1, 0.15) is 0 Å². The quantitative estimate of drug-likeness (QED) is 0.707. The maximum atomic E-state index is 11.6. The molecule has 0 aromatic heterocycles. The van der Waals surface area contributed by atoms with Crippen molar-refractivity contribution in [1.82, 2.24) is 15.1 Å². The topological polar surface area (TPSA) is 55.8 Å². The Kier molecular flexibility index (Phi) is 5.19. The molecule has 1 saturated heterocycles. The number of likely N-dealkylation sites (N-methyl/N-ethyl adjacent to an activating group) is 1. The Labute approximate surface area is 115 Å². The van der Waals surface area contributed by atoms with Crippen LogP contribution in [-0.2, 0) is 4.79 Å². The average Bonchev–Trinajstić information content (AvgIpc) is 3.21. The standard InChI is InChI=1S/C14H27N3O2/c1-16(2)14(19)10-17-7-5-12(6-8-17)15-9-13(18)11-3-4-11/h11-13,15,18H,3-10H2,1-2H3. The van der Waals surface area contributed by atoms with Crippen molar-refractivity contribution in [2.75, 3.05) is 40.3 Å².